The maximum absolute atomic E-state index is 12.2. The lowest BCUT2D eigenvalue weighted by molar-refractivity contribution is -0.136. The summed E-state index contributed by atoms with van der Waals surface area (Å²) in [5, 5.41) is 3.35. The molecule has 0 spiro atoms. The molecule has 0 bridgehead atoms. The molecule has 1 rings (SSSR count). The van der Waals surface area contributed by atoms with Gasteiger partial charge < -0.3 is 10.2 Å². The van der Waals surface area contributed by atoms with Crippen LogP contribution in [0.2, 0.25) is 0 Å². The average Bonchev–Trinajstić information content (AvgIpc) is 2.30. The van der Waals surface area contributed by atoms with E-state index in [0.717, 1.165) is 26.2 Å². The summed E-state index contributed by atoms with van der Waals surface area (Å²) in [6, 6.07) is 0.437. The molecule has 0 aromatic heterocycles. The van der Waals surface area contributed by atoms with Gasteiger partial charge in [0.1, 0.15) is 0 Å². The van der Waals surface area contributed by atoms with Gasteiger partial charge in [-0.1, -0.05) is 6.92 Å². The second kappa shape index (κ2) is 7.45. The first-order valence-corrected chi connectivity index (χ1v) is 7.02. The van der Waals surface area contributed by atoms with Crippen molar-refractivity contribution < 1.29 is 13.2 Å². The Morgan fingerprint density at radius 3 is 2.53 bits per heavy atom. The number of nitrogens with zero attached hydrogens (tertiary/aromatic N) is 2. The molecule has 1 N–H and O–H groups in total. The number of likely N-dealkylation sites (N-methyl/N-ethyl adjacent to an activating group) is 3. The van der Waals surface area contributed by atoms with E-state index in [0.29, 0.717) is 12.5 Å². The van der Waals surface area contributed by atoms with Gasteiger partial charge in [-0.25, -0.2) is 0 Å². The molecule has 0 aliphatic carbocycles. The third-order valence-corrected chi connectivity index (χ3v) is 3.81. The largest absolute Gasteiger partial charge is 0.389 e. The van der Waals surface area contributed by atoms with Crippen LogP contribution in [0.3, 0.4) is 0 Å². The second-order valence-electron chi connectivity index (χ2n) is 5.48. The highest BCUT2D eigenvalue weighted by molar-refractivity contribution is 4.88. The summed E-state index contributed by atoms with van der Waals surface area (Å²) in [6.45, 7) is 5.71. The molecule has 1 aliphatic heterocycles. The molecule has 0 amide bonds. The second-order valence-corrected chi connectivity index (χ2v) is 5.48. The van der Waals surface area contributed by atoms with Gasteiger partial charge >= 0.3 is 6.18 Å². The van der Waals surface area contributed by atoms with Crippen LogP contribution in [0.25, 0.3) is 0 Å². The number of rotatable bonds is 6. The van der Waals surface area contributed by atoms with Crippen LogP contribution in [0.5, 0.6) is 0 Å². The van der Waals surface area contributed by atoms with Crippen molar-refractivity contribution in [1.29, 1.82) is 0 Å². The van der Waals surface area contributed by atoms with Gasteiger partial charge in [0.05, 0.1) is 0 Å². The van der Waals surface area contributed by atoms with Gasteiger partial charge in [-0.05, 0) is 33.5 Å². The highest BCUT2D eigenvalue weighted by Gasteiger charge is 2.31. The summed E-state index contributed by atoms with van der Waals surface area (Å²) >= 11 is 0. The van der Waals surface area contributed by atoms with E-state index in [-0.39, 0.29) is 12.5 Å². The van der Waals surface area contributed by atoms with Crippen LogP contribution in [-0.2, 0) is 0 Å². The van der Waals surface area contributed by atoms with E-state index in [1.165, 1.54) is 0 Å². The SMILES string of the molecule is CCNC(CCCC(F)(F)F)C1CN(C)CCN1C. The molecule has 1 heterocycles. The van der Waals surface area contributed by atoms with Crippen LogP contribution >= 0.6 is 0 Å². The number of halogens is 3. The molecule has 1 aliphatic rings. The quantitative estimate of drug-likeness (QED) is 0.803. The molecule has 0 saturated carbocycles. The number of nitrogens with one attached hydrogen (secondary N) is 1. The molecule has 114 valence electrons. The highest BCUT2D eigenvalue weighted by Crippen LogP contribution is 2.24. The standard InChI is InChI=1S/C13H26F3N3/c1-4-17-11(6-5-7-13(14,15)16)12-10-18(2)8-9-19(12)3/h11-12,17H,4-10H2,1-3H3. The van der Waals surface area contributed by atoms with Gasteiger partial charge in [-0.15, -0.1) is 0 Å². The van der Waals surface area contributed by atoms with Gasteiger partial charge in [0.2, 0.25) is 0 Å². The zero-order valence-electron chi connectivity index (χ0n) is 12.1. The third kappa shape index (κ3) is 6.10. The summed E-state index contributed by atoms with van der Waals surface area (Å²) in [5.41, 5.74) is 0. The maximum Gasteiger partial charge on any atom is 0.389 e. The zero-order valence-corrected chi connectivity index (χ0v) is 12.1. The number of piperazine rings is 1. The normalized spacial score (nSPS) is 24.6. The van der Waals surface area contributed by atoms with Crippen LogP contribution in [-0.4, -0.2) is 68.3 Å². The Morgan fingerprint density at radius 2 is 1.95 bits per heavy atom. The molecule has 0 aromatic rings. The van der Waals surface area contributed by atoms with E-state index in [1.54, 1.807) is 0 Å². The van der Waals surface area contributed by atoms with E-state index in [9.17, 15) is 13.2 Å². The lowest BCUT2D eigenvalue weighted by atomic mass is 9.98. The van der Waals surface area contributed by atoms with Crippen molar-refractivity contribution in [3.63, 3.8) is 0 Å². The zero-order chi connectivity index (χ0) is 14.5. The number of hydrogen-bond donors (Lipinski definition) is 1. The molecule has 0 radical (unpaired) electrons. The van der Waals surface area contributed by atoms with Crippen LogP contribution in [0, 0.1) is 0 Å². The van der Waals surface area contributed by atoms with Crippen molar-refractivity contribution in [2.24, 2.45) is 0 Å². The van der Waals surface area contributed by atoms with Crippen LogP contribution in [0.4, 0.5) is 13.2 Å². The van der Waals surface area contributed by atoms with Crippen LogP contribution < -0.4 is 5.32 Å². The third-order valence-electron chi connectivity index (χ3n) is 3.81. The molecule has 0 aromatic carbocycles. The van der Waals surface area contributed by atoms with E-state index in [4.69, 9.17) is 0 Å². The minimum Gasteiger partial charge on any atom is -0.313 e. The summed E-state index contributed by atoms with van der Waals surface area (Å²) in [5.74, 6) is 0. The lowest BCUT2D eigenvalue weighted by Crippen LogP contribution is -2.58. The minimum absolute atomic E-state index is 0.139. The van der Waals surface area contributed by atoms with Crippen molar-refractivity contribution in [2.45, 2.75) is 44.4 Å². The minimum atomic E-state index is -4.04. The first kappa shape index (κ1) is 16.7. The van der Waals surface area contributed by atoms with E-state index in [2.05, 4.69) is 29.2 Å². The van der Waals surface area contributed by atoms with E-state index in [1.807, 2.05) is 6.92 Å². The summed E-state index contributed by atoms with van der Waals surface area (Å²) in [7, 11) is 4.13. The molecular formula is C13H26F3N3. The van der Waals surface area contributed by atoms with Gasteiger partial charge in [0.25, 0.3) is 0 Å². The lowest BCUT2D eigenvalue weighted by Gasteiger charge is -2.42. The molecule has 2 unspecified atom stereocenters. The van der Waals surface area contributed by atoms with Crippen LogP contribution in [0.1, 0.15) is 26.2 Å². The van der Waals surface area contributed by atoms with Crippen LogP contribution in [0.15, 0.2) is 0 Å². The summed E-state index contributed by atoms with van der Waals surface area (Å²) in [6.07, 6.45) is -3.93. The average molecular weight is 281 g/mol. The van der Waals surface area contributed by atoms with Crippen molar-refractivity contribution in [2.75, 3.05) is 40.3 Å². The molecule has 1 fully saturated rings. The Balaban J connectivity index is 2.50. The Labute approximate surface area is 114 Å². The fraction of sp³-hybridized carbons (Fsp3) is 1.00. The van der Waals surface area contributed by atoms with Crippen molar-refractivity contribution in [3.05, 3.63) is 0 Å². The Morgan fingerprint density at radius 1 is 1.26 bits per heavy atom. The van der Waals surface area contributed by atoms with Gasteiger partial charge in [-0.2, -0.15) is 13.2 Å². The fourth-order valence-electron chi connectivity index (χ4n) is 2.69. The van der Waals surface area contributed by atoms with E-state index >= 15 is 0 Å². The van der Waals surface area contributed by atoms with Gasteiger partial charge in [-0.3, -0.25) is 4.90 Å². The topological polar surface area (TPSA) is 18.5 Å². The van der Waals surface area contributed by atoms with Crippen molar-refractivity contribution in [3.8, 4) is 0 Å². The Bertz CT molecular complexity index is 258. The summed E-state index contributed by atoms with van der Waals surface area (Å²) < 4.78 is 36.7. The number of alkyl halides is 3. The Kier molecular flexibility index (Phi) is 6.56. The van der Waals surface area contributed by atoms with Gasteiger partial charge in [0.15, 0.2) is 0 Å². The Hall–Kier alpha value is -0.330. The molecule has 1 saturated heterocycles. The summed E-state index contributed by atoms with van der Waals surface area (Å²) in [4.78, 5) is 4.51. The van der Waals surface area contributed by atoms with Crippen molar-refractivity contribution >= 4 is 0 Å². The molecular weight excluding hydrogens is 255 g/mol. The first-order valence-electron chi connectivity index (χ1n) is 7.02. The number of hydrogen-bond acceptors (Lipinski definition) is 3. The predicted molar refractivity (Wildman–Crippen MR) is 71.3 cm³/mol. The fourth-order valence-corrected chi connectivity index (χ4v) is 2.69. The molecule has 6 heteroatoms. The molecule has 3 nitrogen and oxygen atoms in total. The van der Waals surface area contributed by atoms with E-state index < -0.39 is 12.6 Å². The first-order chi connectivity index (χ1) is 8.83. The van der Waals surface area contributed by atoms with Gasteiger partial charge in [0, 0.05) is 38.1 Å². The molecule has 19 heavy (non-hydrogen) atoms. The maximum atomic E-state index is 12.2. The monoisotopic (exact) mass is 281 g/mol. The highest BCUT2D eigenvalue weighted by atomic mass is 19.4. The predicted octanol–water partition coefficient (Wildman–Crippen LogP) is 1.94. The smallest absolute Gasteiger partial charge is 0.313 e. The van der Waals surface area contributed by atoms with Crippen molar-refractivity contribution in [1.82, 2.24) is 15.1 Å². The molecule has 2 atom stereocenters.